The van der Waals surface area contributed by atoms with Gasteiger partial charge in [0.05, 0.1) is 0 Å². The van der Waals surface area contributed by atoms with E-state index in [1.165, 1.54) is 36.6 Å². The first-order chi connectivity index (χ1) is 14.0. The molecule has 31 heavy (non-hydrogen) atoms. The van der Waals surface area contributed by atoms with E-state index in [4.69, 9.17) is 23.6 Å². The molecule has 0 spiro atoms. The zero-order valence-electron chi connectivity index (χ0n) is 20.7. The van der Waals surface area contributed by atoms with Gasteiger partial charge in [0, 0.05) is 0 Å². The predicted octanol–water partition coefficient (Wildman–Crippen LogP) is 10.00. The van der Waals surface area contributed by atoms with Crippen LogP contribution in [0.5, 0.6) is 0 Å². The Morgan fingerprint density at radius 1 is 1.13 bits per heavy atom. The van der Waals surface area contributed by atoms with Gasteiger partial charge in [0.15, 0.2) is 0 Å². The zero-order valence-corrected chi connectivity index (χ0v) is 24.8. The van der Waals surface area contributed by atoms with E-state index in [2.05, 4.69) is 84.1 Å². The Morgan fingerprint density at radius 2 is 1.74 bits per heavy atom. The van der Waals surface area contributed by atoms with Gasteiger partial charge in [0.2, 0.25) is 0 Å². The molecule has 0 heterocycles. The molecule has 3 unspecified atom stereocenters. The number of allylic oxidation sites excluding steroid dienone is 4. The average molecular weight is 514 g/mol. The van der Waals surface area contributed by atoms with Crippen LogP contribution in [0.4, 0.5) is 5.69 Å². The normalized spacial score (nSPS) is 22.8. The van der Waals surface area contributed by atoms with E-state index in [0.29, 0.717) is 0 Å². The maximum absolute atomic E-state index is 5.30. The molecule has 5 heteroatoms. The monoisotopic (exact) mass is 513 g/mol. The van der Waals surface area contributed by atoms with Gasteiger partial charge in [-0.3, -0.25) is 0 Å². The Morgan fingerprint density at radius 3 is 2.29 bits per heavy atom. The van der Waals surface area contributed by atoms with E-state index in [-0.39, 0.29) is 12.8 Å². The van der Waals surface area contributed by atoms with E-state index in [1.807, 2.05) is 0 Å². The molecule has 1 saturated carbocycles. The molecule has 0 aromatic heterocycles. The van der Waals surface area contributed by atoms with Gasteiger partial charge in [-0.1, -0.05) is 101 Å². The van der Waals surface area contributed by atoms with Crippen LogP contribution in [0, 0.1) is 37.5 Å². The van der Waals surface area contributed by atoms with Gasteiger partial charge in [0.25, 0.3) is 0 Å². The standard InChI is InChI=1S/C25H38NSi.CH3.2ClH.Ti/c1-8-19-13-20-15-22(25(3,4)5)16-21(23(20)14-19)17-27(6,7)26-24-12-10-9-11-18(24)2;;;;/h9-12,15-16,19-20,23H,8,13-14,17H2,1-7H3;1H3;2*1H;/q2*-1;;;+2/p-2. The van der Waals surface area contributed by atoms with Gasteiger partial charge < -0.3 is 12.4 Å². The number of halogens is 2. The van der Waals surface area contributed by atoms with Crippen LogP contribution in [0.15, 0.2) is 47.6 Å². The number of hydrogen-bond acceptors (Lipinski definition) is 0. The Hall–Kier alpha value is 0.0112. The average Bonchev–Trinajstić information content (AvgIpc) is 3.07. The summed E-state index contributed by atoms with van der Waals surface area (Å²) in [5.74, 6) is 2.42. The fraction of sp³-hybridized carbons (Fsp3) is 0.577. The third kappa shape index (κ3) is 8.38. The van der Waals surface area contributed by atoms with Gasteiger partial charge in [0.1, 0.15) is 0 Å². The molecule has 1 aromatic carbocycles. The van der Waals surface area contributed by atoms with E-state index >= 15 is 0 Å². The second-order valence-corrected chi connectivity index (χ2v) is 17.3. The molecule has 0 aliphatic heterocycles. The molecule has 1 nitrogen and oxygen atoms in total. The Balaban J connectivity index is 0.00000113. The maximum atomic E-state index is 5.30. The number of rotatable bonds is 5. The summed E-state index contributed by atoms with van der Waals surface area (Å²) in [5, 5.41) is 0. The number of aryl methyl sites for hydroxylation is 1. The summed E-state index contributed by atoms with van der Waals surface area (Å²) in [5.41, 5.74) is 6.00. The van der Waals surface area contributed by atoms with Crippen molar-refractivity contribution in [3.05, 3.63) is 65.5 Å². The van der Waals surface area contributed by atoms with Crippen LogP contribution in [0.3, 0.4) is 0 Å². The van der Waals surface area contributed by atoms with Gasteiger partial charge in [-0.2, -0.15) is 0 Å². The number of nitrogens with zero attached hydrogens (tertiary/aromatic N) is 1. The fourth-order valence-corrected chi connectivity index (χ4v) is 7.26. The van der Waals surface area contributed by atoms with Gasteiger partial charge in [-0.15, -0.1) is 5.69 Å². The minimum atomic E-state index is -1.71. The van der Waals surface area contributed by atoms with Crippen molar-refractivity contribution in [2.24, 2.45) is 23.2 Å². The van der Waals surface area contributed by atoms with Gasteiger partial charge >= 0.3 is 35.6 Å². The van der Waals surface area contributed by atoms with Crippen molar-refractivity contribution in [3.63, 3.8) is 0 Å². The summed E-state index contributed by atoms with van der Waals surface area (Å²) >= 11 is -0.556. The second-order valence-electron chi connectivity index (χ2n) is 10.6. The van der Waals surface area contributed by atoms with Gasteiger partial charge in [-0.25, -0.2) is 0 Å². The van der Waals surface area contributed by atoms with Crippen molar-refractivity contribution in [2.45, 2.75) is 73.0 Å². The topological polar surface area (TPSA) is 14.1 Å². The van der Waals surface area contributed by atoms with Crippen LogP contribution in [0.2, 0.25) is 19.1 Å². The molecule has 174 valence electrons. The van der Waals surface area contributed by atoms with Crippen molar-refractivity contribution < 1.29 is 17.0 Å². The molecule has 2 aliphatic carbocycles. The van der Waals surface area contributed by atoms with E-state index < -0.39 is 25.3 Å². The molecule has 1 aromatic rings. The Bertz CT molecular complexity index is 767. The van der Waals surface area contributed by atoms with Crippen molar-refractivity contribution in [2.75, 3.05) is 0 Å². The first kappa shape index (κ1) is 29.0. The van der Waals surface area contributed by atoms with Crippen molar-refractivity contribution in [3.8, 4) is 0 Å². The third-order valence-electron chi connectivity index (χ3n) is 6.54. The van der Waals surface area contributed by atoms with Gasteiger partial charge in [-0.05, 0) is 56.7 Å². The summed E-state index contributed by atoms with van der Waals surface area (Å²) in [6.07, 6.45) is 9.29. The van der Waals surface area contributed by atoms with Crippen LogP contribution >= 0.6 is 18.6 Å². The minimum absolute atomic E-state index is 0. The summed E-state index contributed by atoms with van der Waals surface area (Å²) < 4.78 is 0. The van der Waals surface area contributed by atoms with E-state index in [1.54, 1.807) is 11.1 Å². The predicted molar refractivity (Wildman–Crippen MR) is 140 cm³/mol. The van der Waals surface area contributed by atoms with Crippen LogP contribution in [0.1, 0.15) is 52.5 Å². The summed E-state index contributed by atoms with van der Waals surface area (Å²) in [6, 6.07) is 9.80. The Kier molecular flexibility index (Phi) is 11.7. The first-order valence-corrected chi connectivity index (χ1v) is 18.6. The summed E-state index contributed by atoms with van der Waals surface area (Å²) in [4.78, 5) is 5.30. The van der Waals surface area contributed by atoms with Crippen molar-refractivity contribution in [1.29, 1.82) is 0 Å². The number of fused-ring (bicyclic) bond motifs is 1. The molecule has 3 rings (SSSR count). The molecule has 2 aliphatic rings. The molecular formula is C26H41Cl2NSiTi-2. The molecule has 0 bridgehead atoms. The number of benzene rings is 1. The molecule has 0 saturated heterocycles. The Labute approximate surface area is 210 Å². The van der Waals surface area contributed by atoms with Crippen molar-refractivity contribution in [1.82, 2.24) is 0 Å². The molecule has 0 radical (unpaired) electrons. The third-order valence-corrected chi connectivity index (χ3v) is 8.66. The van der Waals surface area contributed by atoms with Crippen LogP contribution in [-0.2, 0) is 17.0 Å². The SMILES string of the molecule is CCC1CC2C=C(C(C)(C)C)C=C(C[Si](C)(C)[N-]c3ccccc3C)C2C1.[CH3-].[Cl][Ti][Cl]. The van der Waals surface area contributed by atoms with Crippen LogP contribution < -0.4 is 0 Å². The zero-order chi connectivity index (χ0) is 22.5. The summed E-state index contributed by atoms with van der Waals surface area (Å²) in [6.45, 7) is 16.5. The second kappa shape index (κ2) is 12.5. The molecular weight excluding hydrogens is 473 g/mol. The van der Waals surface area contributed by atoms with Crippen LogP contribution in [0.25, 0.3) is 4.98 Å². The fourth-order valence-electron chi connectivity index (χ4n) is 4.91. The van der Waals surface area contributed by atoms with Crippen molar-refractivity contribution >= 4 is 32.5 Å². The molecule has 3 atom stereocenters. The first-order valence-electron chi connectivity index (χ1n) is 11.2. The summed E-state index contributed by atoms with van der Waals surface area (Å²) in [7, 11) is 8.06. The molecule has 1 fully saturated rings. The molecule has 0 N–H and O–H groups in total. The molecule has 0 amide bonds. The number of hydrogen-bond donors (Lipinski definition) is 0. The van der Waals surface area contributed by atoms with Crippen LogP contribution in [-0.4, -0.2) is 8.24 Å². The quantitative estimate of drug-likeness (QED) is 0.274. The van der Waals surface area contributed by atoms with E-state index in [0.717, 1.165) is 17.8 Å². The van der Waals surface area contributed by atoms with E-state index in [9.17, 15) is 0 Å².